The van der Waals surface area contributed by atoms with E-state index in [2.05, 4.69) is 43.5 Å². The Morgan fingerprint density at radius 3 is 2.68 bits per heavy atom. The lowest BCUT2D eigenvalue weighted by atomic mass is 9.81. The molecule has 1 atom stereocenters. The van der Waals surface area contributed by atoms with Gasteiger partial charge in [0.25, 0.3) is 0 Å². The third kappa shape index (κ3) is 2.45. The fourth-order valence-electron chi connectivity index (χ4n) is 4.19. The van der Waals surface area contributed by atoms with E-state index >= 15 is 0 Å². The maximum atomic E-state index is 12.0. The summed E-state index contributed by atoms with van der Waals surface area (Å²) in [7, 11) is 1.71. The number of rotatable bonds is 3. The molecule has 1 unspecified atom stereocenters. The van der Waals surface area contributed by atoms with E-state index in [4.69, 9.17) is 4.74 Å². The van der Waals surface area contributed by atoms with Gasteiger partial charge < -0.3 is 9.64 Å². The van der Waals surface area contributed by atoms with Crippen LogP contribution in [0.3, 0.4) is 0 Å². The van der Waals surface area contributed by atoms with Crippen molar-refractivity contribution in [1.29, 1.82) is 0 Å². The van der Waals surface area contributed by atoms with E-state index in [0.717, 1.165) is 29.0 Å². The van der Waals surface area contributed by atoms with Gasteiger partial charge in [0.15, 0.2) is 5.78 Å². The standard InChI is InChI=1S/C22H25NO2/c1-13-9-19-17-11-20(25-5)14(2)8-16(17)10-21(22(4)6-7-22)23(19)12-18(13)15(3)24/h8-9,11-12,21H,1,6-7,10H2,2-5H3. The van der Waals surface area contributed by atoms with Crippen molar-refractivity contribution in [3.63, 3.8) is 0 Å². The van der Waals surface area contributed by atoms with Crippen molar-refractivity contribution in [3.8, 4) is 5.75 Å². The first-order chi connectivity index (χ1) is 11.8. The van der Waals surface area contributed by atoms with Crippen LogP contribution in [0, 0.1) is 12.3 Å². The number of hydrogen-bond acceptors (Lipinski definition) is 3. The number of benzene rings is 1. The second kappa shape index (κ2) is 5.35. The molecule has 3 aliphatic rings. The average Bonchev–Trinajstić information content (AvgIpc) is 3.31. The van der Waals surface area contributed by atoms with Gasteiger partial charge in [-0.3, -0.25) is 4.79 Å². The van der Waals surface area contributed by atoms with Crippen molar-refractivity contribution in [2.75, 3.05) is 7.11 Å². The lowest BCUT2D eigenvalue weighted by Crippen LogP contribution is -2.43. The Morgan fingerprint density at radius 1 is 1.36 bits per heavy atom. The third-order valence-electron chi connectivity index (χ3n) is 6.07. The Labute approximate surface area is 149 Å². The third-order valence-corrected chi connectivity index (χ3v) is 6.07. The SMILES string of the molecule is C=C1C=C2c3cc(OC)c(C)cc3CC(C3(C)CC3)N2C=C1C(C)=O. The van der Waals surface area contributed by atoms with Crippen LogP contribution in [0.4, 0.5) is 0 Å². The number of carbonyl (C=O) groups is 1. The quantitative estimate of drug-likeness (QED) is 0.819. The van der Waals surface area contributed by atoms with Crippen LogP contribution < -0.4 is 4.74 Å². The molecule has 1 aliphatic carbocycles. The Kier molecular flexibility index (Phi) is 3.47. The largest absolute Gasteiger partial charge is 0.496 e. The maximum Gasteiger partial charge on any atom is 0.161 e. The van der Waals surface area contributed by atoms with Crippen LogP contribution in [-0.4, -0.2) is 23.8 Å². The van der Waals surface area contributed by atoms with Gasteiger partial charge in [0.1, 0.15) is 5.75 Å². The summed E-state index contributed by atoms with van der Waals surface area (Å²) in [5.74, 6) is 0.981. The van der Waals surface area contributed by atoms with Crippen LogP contribution in [0.15, 0.2) is 42.1 Å². The number of allylic oxidation sites excluding steroid dienone is 3. The van der Waals surface area contributed by atoms with Gasteiger partial charge in [0.05, 0.1) is 7.11 Å². The molecule has 2 heterocycles. The van der Waals surface area contributed by atoms with E-state index in [-0.39, 0.29) is 5.78 Å². The number of Topliss-reactive ketones (excluding diaryl/α,β-unsaturated/α-hetero) is 1. The van der Waals surface area contributed by atoms with E-state index in [1.807, 2.05) is 6.20 Å². The Bertz CT molecular complexity index is 855. The smallest absolute Gasteiger partial charge is 0.161 e. The summed E-state index contributed by atoms with van der Waals surface area (Å²) in [6.07, 6.45) is 7.60. The van der Waals surface area contributed by atoms with Crippen molar-refractivity contribution < 1.29 is 9.53 Å². The van der Waals surface area contributed by atoms with Gasteiger partial charge in [-0.25, -0.2) is 0 Å². The van der Waals surface area contributed by atoms with Crippen LogP contribution >= 0.6 is 0 Å². The summed E-state index contributed by atoms with van der Waals surface area (Å²) in [6, 6.07) is 4.79. The summed E-state index contributed by atoms with van der Waals surface area (Å²) < 4.78 is 5.55. The predicted molar refractivity (Wildman–Crippen MR) is 100 cm³/mol. The first-order valence-electron chi connectivity index (χ1n) is 8.94. The van der Waals surface area contributed by atoms with Crippen LogP contribution in [0.25, 0.3) is 5.70 Å². The minimum Gasteiger partial charge on any atom is -0.496 e. The molecule has 4 rings (SSSR count). The number of aryl methyl sites for hydroxylation is 1. The molecule has 2 aliphatic heterocycles. The zero-order valence-corrected chi connectivity index (χ0v) is 15.5. The molecule has 1 saturated carbocycles. The van der Waals surface area contributed by atoms with Crippen LogP contribution in [0.5, 0.6) is 5.75 Å². The summed E-state index contributed by atoms with van der Waals surface area (Å²) in [6.45, 7) is 10.2. The average molecular weight is 335 g/mol. The number of methoxy groups -OCH3 is 1. The number of ether oxygens (including phenoxy) is 1. The Hall–Kier alpha value is -2.29. The van der Waals surface area contributed by atoms with Gasteiger partial charge in [-0.15, -0.1) is 0 Å². The van der Waals surface area contributed by atoms with Gasteiger partial charge in [-0.2, -0.15) is 0 Å². The van der Waals surface area contributed by atoms with Crippen molar-refractivity contribution in [2.24, 2.45) is 5.41 Å². The molecule has 0 bridgehead atoms. The highest BCUT2D eigenvalue weighted by atomic mass is 16.5. The molecule has 25 heavy (non-hydrogen) atoms. The van der Waals surface area contributed by atoms with Crippen LogP contribution in [-0.2, 0) is 11.2 Å². The number of ketones is 1. The first-order valence-corrected chi connectivity index (χ1v) is 8.94. The molecule has 1 aromatic rings. The molecule has 0 amide bonds. The molecule has 3 heteroatoms. The van der Waals surface area contributed by atoms with Crippen LogP contribution in [0.1, 0.15) is 43.4 Å². The van der Waals surface area contributed by atoms with Crippen molar-refractivity contribution in [2.45, 2.75) is 46.1 Å². The minimum absolute atomic E-state index is 0.0762. The molecule has 130 valence electrons. The highest BCUT2D eigenvalue weighted by Gasteiger charge is 2.50. The number of carbonyl (C=O) groups excluding carboxylic acids is 1. The summed E-state index contributed by atoms with van der Waals surface area (Å²) in [5, 5.41) is 0. The Balaban J connectivity index is 1.89. The summed E-state index contributed by atoms with van der Waals surface area (Å²) >= 11 is 0. The van der Waals surface area contributed by atoms with E-state index < -0.39 is 0 Å². The molecule has 0 aromatic heterocycles. The second-order valence-corrected chi connectivity index (χ2v) is 7.91. The lowest BCUT2D eigenvalue weighted by Gasteiger charge is -2.44. The molecule has 0 saturated heterocycles. The topological polar surface area (TPSA) is 29.5 Å². The number of fused-ring (bicyclic) bond motifs is 3. The van der Waals surface area contributed by atoms with E-state index in [1.165, 1.54) is 29.5 Å². The maximum absolute atomic E-state index is 12.0. The summed E-state index contributed by atoms with van der Waals surface area (Å²) in [5.41, 5.74) is 6.72. The van der Waals surface area contributed by atoms with Gasteiger partial charge in [-0.1, -0.05) is 19.6 Å². The predicted octanol–water partition coefficient (Wildman–Crippen LogP) is 4.41. The second-order valence-electron chi connectivity index (χ2n) is 7.91. The molecular weight excluding hydrogens is 310 g/mol. The molecule has 0 spiro atoms. The Morgan fingerprint density at radius 2 is 2.08 bits per heavy atom. The van der Waals surface area contributed by atoms with Crippen molar-refractivity contribution in [1.82, 2.24) is 4.90 Å². The first kappa shape index (κ1) is 16.2. The normalized spacial score (nSPS) is 23.3. The zero-order chi connectivity index (χ0) is 17.9. The summed E-state index contributed by atoms with van der Waals surface area (Å²) in [4.78, 5) is 14.4. The molecule has 0 radical (unpaired) electrons. The highest BCUT2D eigenvalue weighted by molar-refractivity contribution is 6.00. The van der Waals surface area contributed by atoms with Crippen LogP contribution in [0.2, 0.25) is 0 Å². The lowest BCUT2D eigenvalue weighted by molar-refractivity contribution is -0.113. The van der Waals surface area contributed by atoms with Gasteiger partial charge in [0.2, 0.25) is 0 Å². The zero-order valence-electron chi connectivity index (χ0n) is 15.5. The molecule has 3 nitrogen and oxygen atoms in total. The number of hydrogen-bond donors (Lipinski definition) is 0. The molecule has 0 N–H and O–H groups in total. The van der Waals surface area contributed by atoms with Gasteiger partial charge >= 0.3 is 0 Å². The fourth-order valence-corrected chi connectivity index (χ4v) is 4.19. The van der Waals surface area contributed by atoms with Crippen molar-refractivity contribution >= 4 is 11.5 Å². The molecular formula is C22H25NO2. The monoisotopic (exact) mass is 335 g/mol. The minimum atomic E-state index is 0.0762. The number of nitrogens with zero attached hydrogens (tertiary/aromatic N) is 1. The van der Waals surface area contributed by atoms with Crippen molar-refractivity contribution in [3.05, 3.63) is 58.8 Å². The van der Waals surface area contributed by atoms with Gasteiger partial charge in [0, 0.05) is 29.1 Å². The molecule has 1 fully saturated rings. The highest BCUT2D eigenvalue weighted by Crippen LogP contribution is 2.55. The molecule has 1 aromatic carbocycles. The van der Waals surface area contributed by atoms with E-state index in [1.54, 1.807) is 14.0 Å². The fraction of sp³-hybridized carbons (Fsp3) is 0.409. The van der Waals surface area contributed by atoms with E-state index in [9.17, 15) is 4.79 Å². The van der Waals surface area contributed by atoms with Gasteiger partial charge in [-0.05, 0) is 67.4 Å². The van der Waals surface area contributed by atoms with E-state index in [0.29, 0.717) is 11.5 Å².